The molecule has 21 heavy (non-hydrogen) atoms. The molecule has 1 aliphatic heterocycles. The Morgan fingerprint density at radius 2 is 1.95 bits per heavy atom. The van der Waals surface area contributed by atoms with Crippen LogP contribution < -0.4 is 0 Å². The molecule has 3 rings (SSSR count). The first kappa shape index (κ1) is 14.4. The van der Waals surface area contributed by atoms with E-state index in [-0.39, 0.29) is 6.04 Å². The van der Waals surface area contributed by atoms with Crippen molar-refractivity contribution in [1.29, 1.82) is 0 Å². The van der Waals surface area contributed by atoms with Gasteiger partial charge in [-0.05, 0) is 24.1 Å². The number of benzene rings is 2. The summed E-state index contributed by atoms with van der Waals surface area (Å²) < 4.78 is 0. The van der Waals surface area contributed by atoms with Gasteiger partial charge in [0.2, 0.25) is 0 Å². The largest absolute Gasteiger partial charge is 0.275 e. The van der Waals surface area contributed by atoms with Crippen LogP contribution in [-0.4, -0.2) is 16.6 Å². The Morgan fingerprint density at radius 3 is 2.67 bits per heavy atom. The van der Waals surface area contributed by atoms with Crippen molar-refractivity contribution in [1.82, 2.24) is 0 Å². The molecule has 1 aliphatic rings. The number of rotatable bonds is 2. The summed E-state index contributed by atoms with van der Waals surface area (Å²) in [4.78, 5) is 5.95. The fourth-order valence-corrected chi connectivity index (χ4v) is 3.22. The molecule has 2 aromatic rings. The molecule has 0 amide bonds. The van der Waals surface area contributed by atoms with Gasteiger partial charge < -0.3 is 0 Å². The summed E-state index contributed by atoms with van der Waals surface area (Å²) >= 11 is 11.8. The Kier molecular flexibility index (Phi) is 4.18. The second-order valence-corrected chi connectivity index (χ2v) is 6.17. The lowest BCUT2D eigenvalue weighted by Crippen LogP contribution is -2.17. The zero-order valence-corrected chi connectivity index (χ0v) is 13.4. The summed E-state index contributed by atoms with van der Waals surface area (Å²) in [6, 6.07) is 16.4. The number of fused-ring (bicyclic) bond motifs is 1. The third kappa shape index (κ3) is 2.92. The minimum absolute atomic E-state index is 0.0985. The first-order valence-electron chi connectivity index (χ1n) is 7.13. The van der Waals surface area contributed by atoms with Gasteiger partial charge >= 0.3 is 0 Å². The fourth-order valence-electron chi connectivity index (χ4n) is 2.67. The Labute approximate surface area is 135 Å². The standard InChI is InChI=1S/C18H16ClNS/c1-2-16-17(21)10-13-8-9-14(19)11-15(13)18(20-16)12-6-4-3-5-7-12/h3-9,11,16H,2,10H2,1H3/t16-/m0/s1. The molecule has 1 atom stereocenters. The van der Waals surface area contributed by atoms with Crippen molar-refractivity contribution in [2.75, 3.05) is 0 Å². The first-order valence-corrected chi connectivity index (χ1v) is 7.92. The van der Waals surface area contributed by atoms with Gasteiger partial charge in [-0.3, -0.25) is 4.99 Å². The summed E-state index contributed by atoms with van der Waals surface area (Å²) in [6.45, 7) is 2.13. The molecule has 3 heteroatoms. The average molecular weight is 314 g/mol. The number of halogens is 1. The molecule has 0 aromatic heterocycles. The Balaban J connectivity index is 2.22. The Bertz CT molecular complexity index is 706. The van der Waals surface area contributed by atoms with Gasteiger partial charge in [-0.2, -0.15) is 0 Å². The average Bonchev–Trinajstić information content (AvgIpc) is 2.64. The number of nitrogens with zero attached hydrogens (tertiary/aromatic N) is 1. The van der Waals surface area contributed by atoms with Crippen molar-refractivity contribution >= 4 is 34.4 Å². The van der Waals surface area contributed by atoms with E-state index in [0.717, 1.165) is 39.6 Å². The topological polar surface area (TPSA) is 12.4 Å². The maximum absolute atomic E-state index is 6.20. The second-order valence-electron chi connectivity index (χ2n) is 5.21. The summed E-state index contributed by atoms with van der Waals surface area (Å²) in [7, 11) is 0. The van der Waals surface area contributed by atoms with Gasteiger partial charge in [0, 0.05) is 27.4 Å². The van der Waals surface area contributed by atoms with Crippen LogP contribution in [0.3, 0.4) is 0 Å². The van der Waals surface area contributed by atoms with Crippen LogP contribution in [0.1, 0.15) is 30.0 Å². The summed E-state index contributed by atoms with van der Waals surface area (Å²) in [5.74, 6) is 0. The van der Waals surface area contributed by atoms with Crippen LogP contribution in [0.25, 0.3) is 0 Å². The monoisotopic (exact) mass is 313 g/mol. The second kappa shape index (κ2) is 6.08. The molecule has 0 aliphatic carbocycles. The molecule has 0 fully saturated rings. The van der Waals surface area contributed by atoms with Gasteiger partial charge in [-0.1, -0.05) is 67.1 Å². The highest BCUT2D eigenvalue weighted by Crippen LogP contribution is 2.26. The normalized spacial score (nSPS) is 17.9. The van der Waals surface area contributed by atoms with Crippen molar-refractivity contribution in [2.45, 2.75) is 25.8 Å². The summed E-state index contributed by atoms with van der Waals surface area (Å²) in [5, 5.41) is 0.734. The summed E-state index contributed by atoms with van der Waals surface area (Å²) in [5.41, 5.74) is 4.43. The molecule has 0 N–H and O–H groups in total. The van der Waals surface area contributed by atoms with E-state index in [1.165, 1.54) is 5.56 Å². The van der Waals surface area contributed by atoms with E-state index < -0.39 is 0 Å². The van der Waals surface area contributed by atoms with Gasteiger partial charge in [0.15, 0.2) is 0 Å². The lowest BCUT2D eigenvalue weighted by molar-refractivity contribution is 0.825. The predicted molar refractivity (Wildman–Crippen MR) is 93.9 cm³/mol. The van der Waals surface area contributed by atoms with Gasteiger partial charge in [-0.25, -0.2) is 0 Å². The van der Waals surface area contributed by atoms with E-state index >= 15 is 0 Å². The molecule has 2 aromatic carbocycles. The maximum atomic E-state index is 6.20. The highest BCUT2D eigenvalue weighted by Gasteiger charge is 2.22. The van der Waals surface area contributed by atoms with Crippen LogP contribution in [0.4, 0.5) is 0 Å². The van der Waals surface area contributed by atoms with Crippen LogP contribution in [0, 0.1) is 0 Å². The molecule has 0 spiro atoms. The van der Waals surface area contributed by atoms with Gasteiger partial charge in [0.05, 0.1) is 11.8 Å². The molecule has 106 valence electrons. The highest BCUT2D eigenvalue weighted by molar-refractivity contribution is 7.80. The lowest BCUT2D eigenvalue weighted by atomic mass is 9.96. The lowest BCUT2D eigenvalue weighted by Gasteiger charge is -2.11. The van der Waals surface area contributed by atoms with E-state index in [2.05, 4.69) is 25.1 Å². The fraction of sp³-hybridized carbons (Fsp3) is 0.222. The van der Waals surface area contributed by atoms with Crippen molar-refractivity contribution < 1.29 is 0 Å². The van der Waals surface area contributed by atoms with Crippen LogP contribution in [0.5, 0.6) is 0 Å². The third-order valence-electron chi connectivity index (χ3n) is 3.78. The number of thiocarbonyl (C=S) groups is 1. The molecule has 0 unspecified atom stereocenters. The van der Waals surface area contributed by atoms with E-state index in [9.17, 15) is 0 Å². The molecule has 0 saturated carbocycles. The van der Waals surface area contributed by atoms with Crippen molar-refractivity contribution in [3.05, 3.63) is 70.2 Å². The van der Waals surface area contributed by atoms with Crippen LogP contribution in [0.2, 0.25) is 5.02 Å². The molecular formula is C18H16ClNS. The first-order chi connectivity index (χ1) is 10.2. The Morgan fingerprint density at radius 1 is 1.19 bits per heavy atom. The van der Waals surface area contributed by atoms with Crippen molar-refractivity contribution in [3.8, 4) is 0 Å². The van der Waals surface area contributed by atoms with Crippen molar-refractivity contribution in [3.63, 3.8) is 0 Å². The van der Waals surface area contributed by atoms with Crippen LogP contribution in [0.15, 0.2) is 53.5 Å². The van der Waals surface area contributed by atoms with Gasteiger partial charge in [0.1, 0.15) is 0 Å². The molecular weight excluding hydrogens is 298 g/mol. The summed E-state index contributed by atoms with van der Waals surface area (Å²) in [6.07, 6.45) is 1.72. The molecule has 0 radical (unpaired) electrons. The minimum Gasteiger partial charge on any atom is -0.275 e. The predicted octanol–water partition coefficient (Wildman–Crippen LogP) is 4.88. The zero-order valence-electron chi connectivity index (χ0n) is 11.8. The van der Waals surface area contributed by atoms with Gasteiger partial charge in [0.25, 0.3) is 0 Å². The SMILES string of the molecule is CC[C@@H]1N=C(c2ccccc2)c2cc(Cl)ccc2CC1=S. The highest BCUT2D eigenvalue weighted by atomic mass is 35.5. The Hall–Kier alpha value is -1.51. The van der Waals surface area contributed by atoms with Crippen molar-refractivity contribution in [2.24, 2.45) is 4.99 Å². The quantitative estimate of drug-likeness (QED) is 0.720. The molecule has 1 nitrogen and oxygen atoms in total. The van der Waals surface area contributed by atoms with Crippen LogP contribution in [-0.2, 0) is 6.42 Å². The third-order valence-corrected chi connectivity index (χ3v) is 4.43. The number of hydrogen-bond donors (Lipinski definition) is 0. The van der Waals surface area contributed by atoms with E-state index in [1.54, 1.807) is 0 Å². The van der Waals surface area contributed by atoms with E-state index in [0.29, 0.717) is 0 Å². The molecule has 0 bridgehead atoms. The van der Waals surface area contributed by atoms with Crippen LogP contribution >= 0.6 is 23.8 Å². The maximum Gasteiger partial charge on any atom is 0.0819 e. The number of hydrogen-bond acceptors (Lipinski definition) is 2. The molecule has 0 saturated heterocycles. The minimum atomic E-state index is 0.0985. The van der Waals surface area contributed by atoms with E-state index in [4.69, 9.17) is 28.8 Å². The number of aliphatic imine (C=N–C) groups is 1. The van der Waals surface area contributed by atoms with E-state index in [1.807, 2.05) is 30.3 Å². The van der Waals surface area contributed by atoms with Gasteiger partial charge in [-0.15, -0.1) is 0 Å². The molecule has 1 heterocycles. The zero-order chi connectivity index (χ0) is 14.8. The smallest absolute Gasteiger partial charge is 0.0819 e.